The van der Waals surface area contributed by atoms with E-state index in [0.29, 0.717) is 0 Å². The number of aryl methyl sites for hydroxylation is 1. The third-order valence-corrected chi connectivity index (χ3v) is 5.69. The second-order valence-corrected chi connectivity index (χ2v) is 7.01. The number of hydrogen-bond acceptors (Lipinski definition) is 3. The smallest absolute Gasteiger partial charge is 0.154 e. The van der Waals surface area contributed by atoms with Gasteiger partial charge in [-0.05, 0) is 12.5 Å². The molecular formula is C13H16O3S. The van der Waals surface area contributed by atoms with E-state index in [1.165, 1.54) is 0 Å². The normalized spacial score (nSPS) is 27.8. The molecule has 1 aliphatic carbocycles. The van der Waals surface area contributed by atoms with Crippen molar-refractivity contribution in [3.05, 3.63) is 35.4 Å². The summed E-state index contributed by atoms with van der Waals surface area (Å²) in [5.41, 5.74) is 2.08. The standard InChI is InChI=1S/C13H16O3S/c1-3-17(15,16)13-11(8-14)12(13)10-6-4-9(2)5-7-10/h4-8,11-13H,3H2,1-2H3/t11-,12-,13+/m0/s1. The minimum absolute atomic E-state index is 0.102. The van der Waals surface area contributed by atoms with Gasteiger partial charge in [0.25, 0.3) is 0 Å². The van der Waals surface area contributed by atoms with Crippen LogP contribution in [0.3, 0.4) is 0 Å². The van der Waals surface area contributed by atoms with Crippen molar-refractivity contribution >= 4 is 16.1 Å². The molecule has 1 saturated carbocycles. The highest BCUT2D eigenvalue weighted by atomic mass is 32.2. The van der Waals surface area contributed by atoms with Gasteiger partial charge in [-0.3, -0.25) is 0 Å². The van der Waals surface area contributed by atoms with Crippen LogP contribution in [-0.4, -0.2) is 25.7 Å². The molecule has 0 radical (unpaired) electrons. The summed E-state index contributed by atoms with van der Waals surface area (Å²) in [5, 5.41) is -0.507. The maximum atomic E-state index is 11.8. The van der Waals surface area contributed by atoms with Gasteiger partial charge in [-0.2, -0.15) is 0 Å². The fourth-order valence-corrected chi connectivity index (χ4v) is 4.11. The maximum Gasteiger partial charge on any atom is 0.154 e. The Morgan fingerprint density at radius 1 is 1.24 bits per heavy atom. The second-order valence-electron chi connectivity index (χ2n) is 4.57. The second kappa shape index (κ2) is 4.26. The lowest BCUT2D eigenvalue weighted by Crippen LogP contribution is -2.12. The minimum Gasteiger partial charge on any atom is -0.303 e. The molecule has 3 nitrogen and oxygen atoms in total. The summed E-state index contributed by atoms with van der Waals surface area (Å²) in [6, 6.07) is 7.74. The lowest BCUT2D eigenvalue weighted by molar-refractivity contribution is -0.108. The molecule has 0 spiro atoms. The first kappa shape index (κ1) is 12.3. The molecule has 4 heteroatoms. The number of carbonyl (C=O) groups is 1. The van der Waals surface area contributed by atoms with Crippen molar-refractivity contribution in [3.8, 4) is 0 Å². The van der Waals surface area contributed by atoms with Crippen LogP contribution in [0, 0.1) is 12.8 Å². The van der Waals surface area contributed by atoms with Crippen LogP contribution in [0.2, 0.25) is 0 Å². The summed E-state index contributed by atoms with van der Waals surface area (Å²) >= 11 is 0. The molecule has 0 heterocycles. The zero-order valence-corrected chi connectivity index (χ0v) is 10.8. The monoisotopic (exact) mass is 252 g/mol. The van der Waals surface area contributed by atoms with Crippen molar-refractivity contribution in [1.82, 2.24) is 0 Å². The maximum absolute atomic E-state index is 11.8. The van der Waals surface area contributed by atoms with Crippen molar-refractivity contribution in [3.63, 3.8) is 0 Å². The Bertz CT molecular complexity index is 516. The molecular weight excluding hydrogens is 236 g/mol. The Balaban J connectivity index is 2.29. The quantitative estimate of drug-likeness (QED) is 0.767. The van der Waals surface area contributed by atoms with E-state index in [1.807, 2.05) is 31.2 Å². The van der Waals surface area contributed by atoms with Gasteiger partial charge in [-0.25, -0.2) is 8.42 Å². The Kier molecular flexibility index (Phi) is 3.08. The Morgan fingerprint density at radius 3 is 2.29 bits per heavy atom. The number of aldehydes is 1. The number of rotatable bonds is 4. The van der Waals surface area contributed by atoms with Gasteiger partial charge in [0.05, 0.1) is 5.25 Å². The fraction of sp³-hybridized carbons (Fsp3) is 0.462. The molecule has 0 bridgehead atoms. The summed E-state index contributed by atoms with van der Waals surface area (Å²) in [4.78, 5) is 10.9. The molecule has 1 aromatic rings. The van der Waals surface area contributed by atoms with E-state index in [4.69, 9.17) is 0 Å². The van der Waals surface area contributed by atoms with Gasteiger partial charge in [0, 0.05) is 17.6 Å². The largest absolute Gasteiger partial charge is 0.303 e. The van der Waals surface area contributed by atoms with E-state index in [1.54, 1.807) is 6.92 Å². The molecule has 0 unspecified atom stereocenters. The SMILES string of the molecule is CCS(=O)(=O)[C@@H]1[C@@H](C=O)[C@@H]1c1ccc(C)cc1. The zero-order valence-electron chi connectivity index (χ0n) is 9.96. The molecule has 0 N–H and O–H groups in total. The van der Waals surface area contributed by atoms with Gasteiger partial charge in [-0.15, -0.1) is 0 Å². The van der Waals surface area contributed by atoms with Crippen LogP contribution in [0.4, 0.5) is 0 Å². The zero-order chi connectivity index (χ0) is 12.6. The predicted molar refractivity (Wildman–Crippen MR) is 66.7 cm³/mol. The van der Waals surface area contributed by atoms with Crippen molar-refractivity contribution in [1.29, 1.82) is 0 Å². The molecule has 0 amide bonds. The van der Waals surface area contributed by atoms with Crippen molar-refractivity contribution < 1.29 is 13.2 Å². The van der Waals surface area contributed by atoms with Crippen molar-refractivity contribution in [2.45, 2.75) is 25.0 Å². The third-order valence-electron chi connectivity index (χ3n) is 3.44. The molecule has 0 aliphatic heterocycles. The highest BCUT2D eigenvalue weighted by molar-refractivity contribution is 7.92. The molecule has 1 aliphatic rings. The highest BCUT2D eigenvalue weighted by Gasteiger charge is 2.57. The number of hydrogen-bond donors (Lipinski definition) is 0. The van der Waals surface area contributed by atoms with Crippen LogP contribution in [-0.2, 0) is 14.6 Å². The highest BCUT2D eigenvalue weighted by Crippen LogP contribution is 2.51. The number of benzene rings is 1. The van der Waals surface area contributed by atoms with E-state index < -0.39 is 15.1 Å². The Labute approximate surface area is 102 Å². The van der Waals surface area contributed by atoms with E-state index in [0.717, 1.165) is 17.4 Å². The molecule has 1 aromatic carbocycles. The van der Waals surface area contributed by atoms with Crippen molar-refractivity contribution in [2.24, 2.45) is 5.92 Å². The first-order valence-corrected chi connectivity index (χ1v) is 7.46. The van der Waals surface area contributed by atoms with Gasteiger partial charge in [-0.1, -0.05) is 36.8 Å². The summed E-state index contributed by atoms with van der Waals surface area (Å²) in [6.45, 7) is 3.61. The number of sulfone groups is 1. The first-order valence-electron chi connectivity index (χ1n) is 5.74. The fourth-order valence-electron chi connectivity index (χ4n) is 2.32. The lowest BCUT2D eigenvalue weighted by atomic mass is 10.1. The Morgan fingerprint density at radius 2 is 1.82 bits per heavy atom. The van der Waals surface area contributed by atoms with Gasteiger partial charge in [0.15, 0.2) is 9.84 Å². The number of carbonyl (C=O) groups excluding carboxylic acids is 1. The molecule has 0 saturated heterocycles. The minimum atomic E-state index is -3.12. The van der Waals surface area contributed by atoms with Crippen LogP contribution in [0.25, 0.3) is 0 Å². The van der Waals surface area contributed by atoms with E-state index in [9.17, 15) is 13.2 Å². The van der Waals surface area contributed by atoms with Crippen LogP contribution in [0.15, 0.2) is 24.3 Å². The molecule has 92 valence electrons. The molecule has 0 aromatic heterocycles. The van der Waals surface area contributed by atoms with Gasteiger partial charge in [0.2, 0.25) is 0 Å². The summed E-state index contributed by atoms with van der Waals surface area (Å²) in [5.74, 6) is -0.398. The van der Waals surface area contributed by atoms with Crippen LogP contribution in [0.1, 0.15) is 24.0 Å². The van der Waals surface area contributed by atoms with Crippen LogP contribution < -0.4 is 0 Å². The third kappa shape index (κ3) is 2.14. The van der Waals surface area contributed by atoms with Gasteiger partial charge < -0.3 is 4.79 Å². The molecule has 3 atom stereocenters. The van der Waals surface area contributed by atoms with Crippen LogP contribution >= 0.6 is 0 Å². The molecule has 1 fully saturated rings. The first-order chi connectivity index (χ1) is 8.01. The predicted octanol–water partition coefficient (Wildman–Crippen LogP) is 1.71. The summed E-state index contributed by atoms with van der Waals surface area (Å²) < 4.78 is 23.6. The average Bonchev–Trinajstić information content (AvgIpc) is 3.05. The average molecular weight is 252 g/mol. The summed E-state index contributed by atoms with van der Waals surface area (Å²) in [7, 11) is -3.12. The Hall–Kier alpha value is -1.16. The van der Waals surface area contributed by atoms with E-state index in [-0.39, 0.29) is 17.6 Å². The lowest BCUT2D eigenvalue weighted by Gasteiger charge is -2.01. The van der Waals surface area contributed by atoms with Gasteiger partial charge in [0.1, 0.15) is 6.29 Å². The molecule has 2 rings (SSSR count). The molecule has 17 heavy (non-hydrogen) atoms. The van der Waals surface area contributed by atoms with Crippen LogP contribution in [0.5, 0.6) is 0 Å². The van der Waals surface area contributed by atoms with E-state index >= 15 is 0 Å². The van der Waals surface area contributed by atoms with Gasteiger partial charge >= 0.3 is 0 Å². The van der Waals surface area contributed by atoms with Crippen molar-refractivity contribution in [2.75, 3.05) is 5.75 Å². The van der Waals surface area contributed by atoms with E-state index in [2.05, 4.69) is 0 Å². The topological polar surface area (TPSA) is 51.2 Å². The summed E-state index contributed by atoms with van der Waals surface area (Å²) in [6.07, 6.45) is 0.780.